The van der Waals surface area contributed by atoms with Crippen LogP contribution in [0.3, 0.4) is 0 Å². The van der Waals surface area contributed by atoms with Crippen molar-refractivity contribution in [1.82, 2.24) is 5.32 Å². The second kappa shape index (κ2) is 7.24. The van der Waals surface area contributed by atoms with E-state index in [1.54, 1.807) is 18.2 Å². The lowest BCUT2D eigenvalue weighted by Crippen LogP contribution is -2.41. The fourth-order valence-corrected chi connectivity index (χ4v) is 2.66. The molecule has 100 valence electrons. The molecule has 3 nitrogen and oxygen atoms in total. The molecule has 2 N–H and O–H groups in total. The summed E-state index contributed by atoms with van der Waals surface area (Å²) in [5, 5.41) is 12.8. The van der Waals surface area contributed by atoms with Crippen LogP contribution in [-0.2, 0) is 0 Å². The number of halogens is 2. The number of rotatable bonds is 5. The second-order valence-electron chi connectivity index (χ2n) is 3.88. The molecule has 6 heteroatoms. The molecule has 0 saturated carbocycles. The number of carbonyl (C=O) groups is 1. The Hall–Kier alpha value is -0.420. The maximum absolute atomic E-state index is 12.0. The topological polar surface area (TPSA) is 49.3 Å². The van der Waals surface area contributed by atoms with Crippen LogP contribution in [0.4, 0.5) is 0 Å². The molecule has 1 aromatic carbocycles. The van der Waals surface area contributed by atoms with Crippen molar-refractivity contribution < 1.29 is 9.90 Å². The summed E-state index contributed by atoms with van der Waals surface area (Å²) >= 11 is 13.2. The van der Waals surface area contributed by atoms with Gasteiger partial charge in [-0.1, -0.05) is 23.2 Å². The van der Waals surface area contributed by atoms with Gasteiger partial charge in [0.25, 0.3) is 5.91 Å². The van der Waals surface area contributed by atoms with Crippen LogP contribution >= 0.6 is 35.0 Å². The number of amides is 1. The molecule has 0 bridgehead atoms. The lowest BCUT2D eigenvalue weighted by molar-refractivity contribution is 0.0936. The maximum Gasteiger partial charge on any atom is 0.251 e. The van der Waals surface area contributed by atoms with Crippen LogP contribution in [0.15, 0.2) is 18.2 Å². The van der Waals surface area contributed by atoms with Gasteiger partial charge < -0.3 is 10.4 Å². The fraction of sp³-hybridized carbons (Fsp3) is 0.417. The third-order valence-electron chi connectivity index (χ3n) is 2.52. The smallest absolute Gasteiger partial charge is 0.251 e. The van der Waals surface area contributed by atoms with Gasteiger partial charge in [0.2, 0.25) is 0 Å². The van der Waals surface area contributed by atoms with Gasteiger partial charge in [-0.2, -0.15) is 11.8 Å². The van der Waals surface area contributed by atoms with Gasteiger partial charge in [0.05, 0.1) is 6.61 Å². The van der Waals surface area contributed by atoms with Crippen molar-refractivity contribution >= 4 is 40.9 Å². The molecule has 0 radical (unpaired) electrons. The molecule has 0 spiro atoms. The van der Waals surface area contributed by atoms with Crippen LogP contribution in [0.1, 0.15) is 17.3 Å². The Morgan fingerprint density at radius 3 is 2.39 bits per heavy atom. The van der Waals surface area contributed by atoms with E-state index in [1.807, 2.05) is 13.2 Å². The lowest BCUT2D eigenvalue weighted by Gasteiger charge is -2.21. The average molecular weight is 308 g/mol. The van der Waals surface area contributed by atoms with Crippen molar-refractivity contribution in [3.63, 3.8) is 0 Å². The molecule has 0 aliphatic rings. The summed E-state index contributed by atoms with van der Waals surface area (Å²) in [6.07, 6.45) is 1.89. The Labute approximate surface area is 121 Å². The van der Waals surface area contributed by atoms with E-state index in [0.29, 0.717) is 15.6 Å². The Kier molecular flexibility index (Phi) is 6.29. The predicted octanol–water partition coefficient (Wildman–Crippen LogP) is 2.84. The van der Waals surface area contributed by atoms with Gasteiger partial charge >= 0.3 is 0 Å². The zero-order chi connectivity index (χ0) is 13.7. The van der Waals surface area contributed by atoms with E-state index < -0.39 is 0 Å². The number of thioether (sulfide) groups is 1. The van der Waals surface area contributed by atoms with Gasteiger partial charge in [0, 0.05) is 26.9 Å². The Bertz CT molecular complexity index is 404. The highest BCUT2D eigenvalue weighted by Gasteiger charge is 2.18. The molecule has 0 heterocycles. The van der Waals surface area contributed by atoms with E-state index >= 15 is 0 Å². The van der Waals surface area contributed by atoms with Gasteiger partial charge in [-0.3, -0.25) is 4.79 Å². The van der Waals surface area contributed by atoms with Crippen molar-refractivity contribution in [1.29, 1.82) is 0 Å². The number of nitrogens with one attached hydrogen (secondary N) is 1. The van der Waals surface area contributed by atoms with Crippen molar-refractivity contribution in [2.24, 2.45) is 0 Å². The van der Waals surface area contributed by atoms with Gasteiger partial charge in [0.15, 0.2) is 0 Å². The van der Waals surface area contributed by atoms with Crippen LogP contribution in [-0.4, -0.2) is 35.2 Å². The number of aliphatic hydroxyl groups excluding tert-OH is 1. The molecule has 0 aromatic heterocycles. The third kappa shape index (κ3) is 4.35. The van der Waals surface area contributed by atoms with E-state index in [-0.39, 0.29) is 23.8 Å². The maximum atomic E-state index is 12.0. The molecule has 0 aliphatic carbocycles. The molecule has 1 aromatic rings. The van der Waals surface area contributed by atoms with E-state index in [0.717, 1.165) is 0 Å². The summed E-state index contributed by atoms with van der Waals surface area (Å²) in [6.45, 7) is 1.86. The molecule has 1 amide bonds. The predicted molar refractivity (Wildman–Crippen MR) is 77.8 cm³/mol. The second-order valence-corrected chi connectivity index (χ2v) is 5.83. The zero-order valence-corrected chi connectivity index (χ0v) is 12.4. The Morgan fingerprint density at radius 2 is 1.94 bits per heavy atom. The Balaban J connectivity index is 2.76. The largest absolute Gasteiger partial charge is 0.395 e. The van der Waals surface area contributed by atoms with E-state index in [9.17, 15) is 4.79 Å². The molecule has 0 fully saturated rings. The number of aliphatic hydroxyl groups is 1. The first-order valence-electron chi connectivity index (χ1n) is 5.38. The molecule has 0 saturated heterocycles. The van der Waals surface area contributed by atoms with Crippen molar-refractivity contribution in [3.05, 3.63) is 33.8 Å². The van der Waals surface area contributed by atoms with E-state index in [1.165, 1.54) is 11.8 Å². The van der Waals surface area contributed by atoms with Crippen molar-refractivity contribution in [2.75, 3.05) is 12.9 Å². The summed E-state index contributed by atoms with van der Waals surface area (Å²) in [4.78, 5) is 12.0. The first-order chi connectivity index (χ1) is 8.47. The minimum atomic E-state index is -0.251. The quantitative estimate of drug-likeness (QED) is 0.879. The van der Waals surface area contributed by atoms with Crippen LogP contribution in [0.5, 0.6) is 0 Å². The van der Waals surface area contributed by atoms with Crippen molar-refractivity contribution in [2.45, 2.75) is 18.2 Å². The molecule has 2 unspecified atom stereocenters. The number of carbonyl (C=O) groups excluding carboxylic acids is 1. The average Bonchev–Trinajstić information content (AvgIpc) is 2.29. The normalized spacial score (nSPS) is 14.1. The molecular weight excluding hydrogens is 293 g/mol. The van der Waals surface area contributed by atoms with Gasteiger partial charge in [0.1, 0.15) is 0 Å². The Morgan fingerprint density at radius 1 is 1.39 bits per heavy atom. The first-order valence-corrected chi connectivity index (χ1v) is 7.43. The van der Waals surface area contributed by atoms with E-state index in [2.05, 4.69) is 5.32 Å². The highest BCUT2D eigenvalue weighted by molar-refractivity contribution is 7.99. The number of benzene rings is 1. The number of hydrogen-bond acceptors (Lipinski definition) is 3. The fourth-order valence-electron chi connectivity index (χ4n) is 1.50. The minimum absolute atomic E-state index is 0.0128. The van der Waals surface area contributed by atoms with Crippen LogP contribution in [0.25, 0.3) is 0 Å². The first kappa shape index (κ1) is 15.6. The standard InChI is InChI=1S/C12H15Cl2NO2S/c1-7(11(6-16)18-2)15-12(17)8-3-9(13)5-10(14)4-8/h3-5,7,11,16H,6H2,1-2H3,(H,15,17). The van der Waals surface area contributed by atoms with Gasteiger partial charge in [-0.25, -0.2) is 0 Å². The molecule has 2 atom stereocenters. The SMILES string of the molecule is CSC(CO)C(C)NC(=O)c1cc(Cl)cc(Cl)c1. The highest BCUT2D eigenvalue weighted by atomic mass is 35.5. The highest BCUT2D eigenvalue weighted by Crippen LogP contribution is 2.19. The summed E-state index contributed by atoms with van der Waals surface area (Å²) < 4.78 is 0. The third-order valence-corrected chi connectivity index (χ3v) is 4.12. The van der Waals surface area contributed by atoms with E-state index in [4.69, 9.17) is 28.3 Å². The van der Waals surface area contributed by atoms with Gasteiger partial charge in [-0.15, -0.1) is 0 Å². The monoisotopic (exact) mass is 307 g/mol. The van der Waals surface area contributed by atoms with Crippen LogP contribution in [0, 0.1) is 0 Å². The van der Waals surface area contributed by atoms with Crippen LogP contribution < -0.4 is 5.32 Å². The summed E-state index contributed by atoms with van der Waals surface area (Å²) in [5.74, 6) is -0.251. The number of hydrogen-bond donors (Lipinski definition) is 2. The molecule has 1 rings (SSSR count). The lowest BCUT2D eigenvalue weighted by atomic mass is 10.2. The summed E-state index contributed by atoms with van der Waals surface area (Å²) in [5.41, 5.74) is 0.414. The van der Waals surface area contributed by atoms with Crippen LogP contribution in [0.2, 0.25) is 10.0 Å². The zero-order valence-electron chi connectivity index (χ0n) is 10.1. The molecule has 0 aliphatic heterocycles. The minimum Gasteiger partial charge on any atom is -0.395 e. The summed E-state index contributed by atoms with van der Waals surface area (Å²) in [6, 6.07) is 4.54. The van der Waals surface area contributed by atoms with Crippen molar-refractivity contribution in [3.8, 4) is 0 Å². The molecule has 18 heavy (non-hydrogen) atoms. The summed E-state index contributed by atoms with van der Waals surface area (Å²) in [7, 11) is 0. The molecular formula is C12H15Cl2NO2S. The van der Waals surface area contributed by atoms with Gasteiger partial charge in [-0.05, 0) is 31.4 Å².